The van der Waals surface area contributed by atoms with Gasteiger partial charge in [-0.3, -0.25) is 0 Å². The van der Waals surface area contributed by atoms with Crippen LogP contribution in [0.2, 0.25) is 5.02 Å². The monoisotopic (exact) mass is 501 g/mol. The highest BCUT2D eigenvalue weighted by atomic mass is 35.5. The van der Waals surface area contributed by atoms with Gasteiger partial charge in [0, 0.05) is 36.8 Å². The summed E-state index contributed by atoms with van der Waals surface area (Å²) in [6.07, 6.45) is 4.80. The average Bonchev–Trinajstić information content (AvgIpc) is 2.86. The minimum Gasteiger partial charge on any atom is -0.493 e. The van der Waals surface area contributed by atoms with Gasteiger partial charge in [0.05, 0.1) is 23.8 Å². The van der Waals surface area contributed by atoms with Crippen LogP contribution in [0.1, 0.15) is 32.6 Å². The van der Waals surface area contributed by atoms with Crippen molar-refractivity contribution in [3.05, 3.63) is 47.5 Å². The lowest BCUT2D eigenvalue weighted by Crippen LogP contribution is -2.45. The van der Waals surface area contributed by atoms with Crippen molar-refractivity contribution in [1.29, 1.82) is 0 Å². The molecule has 35 heavy (non-hydrogen) atoms. The quantitative estimate of drug-likeness (QED) is 0.443. The molecule has 10 heteroatoms. The lowest BCUT2D eigenvalue weighted by molar-refractivity contribution is 0.106. The van der Waals surface area contributed by atoms with Crippen LogP contribution in [0.25, 0.3) is 10.9 Å². The molecule has 3 aromatic rings. The third-order valence-electron chi connectivity index (χ3n) is 6.24. The number of fused-ring (bicyclic) bond motifs is 1. The Hall–Kier alpha value is -3.33. The molecular formula is C25H29ClFN5O3. The molecule has 1 aromatic heterocycles. The SMILES string of the molecule is CCNC(=O)N(C)C1CCC(Oc2cc3c(Nc4ccc(F)c(Cl)c4)ncnc3cc2OC)CC1. The summed E-state index contributed by atoms with van der Waals surface area (Å²) in [6.45, 7) is 2.52. The highest BCUT2D eigenvalue weighted by Crippen LogP contribution is 2.37. The number of rotatable bonds is 7. The van der Waals surface area contributed by atoms with Crippen molar-refractivity contribution in [3.63, 3.8) is 0 Å². The normalized spacial score (nSPS) is 17.6. The molecule has 0 aliphatic heterocycles. The van der Waals surface area contributed by atoms with Gasteiger partial charge in [0.25, 0.3) is 0 Å². The van der Waals surface area contributed by atoms with Crippen LogP contribution in [-0.2, 0) is 0 Å². The van der Waals surface area contributed by atoms with Crippen LogP contribution in [0, 0.1) is 5.82 Å². The maximum Gasteiger partial charge on any atom is 0.317 e. The topological polar surface area (TPSA) is 88.6 Å². The molecule has 2 amide bonds. The predicted octanol–water partition coefficient (Wildman–Crippen LogP) is 5.53. The molecular weight excluding hydrogens is 473 g/mol. The number of hydrogen-bond acceptors (Lipinski definition) is 6. The Morgan fingerprint density at radius 1 is 1.17 bits per heavy atom. The molecule has 8 nitrogen and oxygen atoms in total. The molecule has 1 fully saturated rings. The largest absolute Gasteiger partial charge is 0.493 e. The van der Waals surface area contributed by atoms with Crippen molar-refractivity contribution in [2.75, 3.05) is 26.0 Å². The number of nitrogens with zero attached hydrogens (tertiary/aromatic N) is 3. The van der Waals surface area contributed by atoms with Crippen LogP contribution in [0.3, 0.4) is 0 Å². The van der Waals surface area contributed by atoms with Crippen molar-refractivity contribution in [2.24, 2.45) is 0 Å². The first-order valence-corrected chi connectivity index (χ1v) is 12.0. The molecule has 0 unspecified atom stereocenters. The second kappa shape index (κ2) is 10.9. The van der Waals surface area contributed by atoms with Gasteiger partial charge in [0.2, 0.25) is 0 Å². The number of urea groups is 1. The molecule has 2 N–H and O–H groups in total. The third kappa shape index (κ3) is 5.67. The van der Waals surface area contributed by atoms with Gasteiger partial charge in [-0.15, -0.1) is 0 Å². The van der Waals surface area contributed by atoms with Gasteiger partial charge in [-0.1, -0.05) is 11.6 Å². The van der Waals surface area contributed by atoms with Crippen molar-refractivity contribution >= 4 is 40.0 Å². The Balaban J connectivity index is 1.52. The van der Waals surface area contributed by atoms with E-state index in [-0.39, 0.29) is 23.2 Å². The maximum atomic E-state index is 13.6. The average molecular weight is 502 g/mol. The lowest BCUT2D eigenvalue weighted by Gasteiger charge is -2.34. The number of nitrogens with one attached hydrogen (secondary N) is 2. The van der Waals surface area contributed by atoms with Crippen molar-refractivity contribution in [3.8, 4) is 11.5 Å². The van der Waals surface area contributed by atoms with E-state index < -0.39 is 5.82 Å². The predicted molar refractivity (Wildman–Crippen MR) is 134 cm³/mol. The molecule has 2 aromatic carbocycles. The van der Waals surface area contributed by atoms with E-state index in [2.05, 4.69) is 20.6 Å². The summed E-state index contributed by atoms with van der Waals surface area (Å²) >= 11 is 5.92. The van der Waals surface area contributed by atoms with Crippen molar-refractivity contribution in [2.45, 2.75) is 44.8 Å². The lowest BCUT2D eigenvalue weighted by atomic mass is 9.92. The second-order valence-electron chi connectivity index (χ2n) is 8.49. The van der Waals surface area contributed by atoms with Crippen LogP contribution in [0.4, 0.5) is 20.7 Å². The molecule has 0 spiro atoms. The number of benzene rings is 2. The summed E-state index contributed by atoms with van der Waals surface area (Å²) in [5, 5.41) is 6.78. The summed E-state index contributed by atoms with van der Waals surface area (Å²) in [7, 11) is 3.43. The van der Waals surface area contributed by atoms with E-state index in [9.17, 15) is 9.18 Å². The first-order chi connectivity index (χ1) is 16.9. The van der Waals surface area contributed by atoms with Crippen LogP contribution < -0.4 is 20.1 Å². The van der Waals surface area contributed by atoms with E-state index in [1.807, 2.05) is 26.1 Å². The van der Waals surface area contributed by atoms with Gasteiger partial charge < -0.3 is 25.0 Å². The third-order valence-corrected chi connectivity index (χ3v) is 6.53. The molecule has 186 valence electrons. The van der Waals surface area contributed by atoms with E-state index in [0.29, 0.717) is 35.1 Å². The van der Waals surface area contributed by atoms with Crippen LogP contribution in [0.5, 0.6) is 11.5 Å². The first kappa shape index (κ1) is 24.8. The molecule has 0 bridgehead atoms. The van der Waals surface area contributed by atoms with E-state index in [1.165, 1.54) is 18.5 Å². The van der Waals surface area contributed by atoms with E-state index in [4.69, 9.17) is 21.1 Å². The highest BCUT2D eigenvalue weighted by Gasteiger charge is 2.28. The molecule has 1 saturated carbocycles. The summed E-state index contributed by atoms with van der Waals surface area (Å²) < 4.78 is 25.5. The Labute approximate surface area is 208 Å². The summed E-state index contributed by atoms with van der Waals surface area (Å²) in [4.78, 5) is 22.6. The fraction of sp³-hybridized carbons (Fsp3) is 0.400. The van der Waals surface area contributed by atoms with Gasteiger partial charge in [0.15, 0.2) is 11.5 Å². The minimum atomic E-state index is -0.489. The smallest absolute Gasteiger partial charge is 0.317 e. The van der Waals surface area contributed by atoms with Crippen LogP contribution in [0.15, 0.2) is 36.7 Å². The Kier molecular flexibility index (Phi) is 7.75. The van der Waals surface area contributed by atoms with Gasteiger partial charge in [0.1, 0.15) is 18.0 Å². The highest BCUT2D eigenvalue weighted by molar-refractivity contribution is 6.31. The number of ether oxygens (including phenoxy) is 2. The van der Waals surface area contributed by atoms with Gasteiger partial charge in [-0.05, 0) is 56.9 Å². The van der Waals surface area contributed by atoms with Gasteiger partial charge >= 0.3 is 6.03 Å². The number of carbonyl (C=O) groups excluding carboxylic acids is 1. The minimum absolute atomic E-state index is 0.00261. The number of hydrogen-bond donors (Lipinski definition) is 2. The van der Waals surface area contributed by atoms with Crippen molar-refractivity contribution in [1.82, 2.24) is 20.2 Å². The Morgan fingerprint density at radius 2 is 1.94 bits per heavy atom. The molecule has 1 aliphatic carbocycles. The number of amides is 2. The molecule has 1 aliphatic rings. The molecule has 0 atom stereocenters. The van der Waals surface area contributed by atoms with Gasteiger partial charge in [-0.2, -0.15) is 0 Å². The van der Waals surface area contributed by atoms with E-state index in [1.54, 1.807) is 18.1 Å². The van der Waals surface area contributed by atoms with E-state index in [0.717, 1.165) is 31.1 Å². The summed E-state index contributed by atoms with van der Waals surface area (Å²) in [5.74, 6) is 1.22. The number of anilines is 2. The molecule has 0 radical (unpaired) electrons. The number of aromatic nitrogens is 2. The molecule has 4 rings (SSSR count). The zero-order valence-corrected chi connectivity index (χ0v) is 20.7. The fourth-order valence-electron chi connectivity index (χ4n) is 4.30. The molecule has 0 saturated heterocycles. The van der Waals surface area contributed by atoms with Crippen LogP contribution in [-0.4, -0.2) is 53.7 Å². The van der Waals surface area contributed by atoms with Crippen molar-refractivity contribution < 1.29 is 18.7 Å². The number of methoxy groups -OCH3 is 1. The second-order valence-corrected chi connectivity index (χ2v) is 8.90. The maximum absolute atomic E-state index is 13.6. The zero-order valence-electron chi connectivity index (χ0n) is 20.0. The summed E-state index contributed by atoms with van der Waals surface area (Å²) in [5.41, 5.74) is 1.27. The summed E-state index contributed by atoms with van der Waals surface area (Å²) in [6, 6.07) is 8.19. The Morgan fingerprint density at radius 3 is 2.63 bits per heavy atom. The van der Waals surface area contributed by atoms with Gasteiger partial charge in [-0.25, -0.2) is 19.2 Å². The fourth-order valence-corrected chi connectivity index (χ4v) is 4.48. The van der Waals surface area contributed by atoms with E-state index >= 15 is 0 Å². The number of carbonyl (C=O) groups is 1. The Bertz CT molecular complexity index is 1200. The number of halogens is 2. The van der Waals surface area contributed by atoms with Crippen LogP contribution >= 0.6 is 11.6 Å². The first-order valence-electron chi connectivity index (χ1n) is 11.6. The molecule has 1 heterocycles. The zero-order chi connectivity index (χ0) is 24.9. The standard InChI is InChI=1S/C25H29ClFN5O3/c1-4-28-25(33)32(2)16-6-8-17(9-7-16)35-23-12-18-21(13-22(23)34-3)29-14-30-24(18)31-15-5-10-20(27)19(26)11-15/h5,10-14,16-17H,4,6-9H2,1-3H3,(H,28,33)(H,29,30,31).